The number of benzene rings is 2. The third-order valence-electron chi connectivity index (χ3n) is 5.22. The summed E-state index contributed by atoms with van der Waals surface area (Å²) < 4.78 is 5.36. The molecule has 0 saturated carbocycles. The number of hydrogen-bond donors (Lipinski definition) is 3. The van der Waals surface area contributed by atoms with E-state index in [4.69, 9.17) is 10.5 Å². The van der Waals surface area contributed by atoms with Gasteiger partial charge in [-0.3, -0.25) is 0 Å². The summed E-state index contributed by atoms with van der Waals surface area (Å²) in [6.07, 6.45) is 4.98. The maximum absolute atomic E-state index is 5.95. The Morgan fingerprint density at radius 2 is 1.93 bits per heavy atom. The highest BCUT2D eigenvalue weighted by atomic mass is 16.5. The molecule has 0 spiro atoms. The van der Waals surface area contributed by atoms with E-state index >= 15 is 0 Å². The highest BCUT2D eigenvalue weighted by Gasteiger charge is 2.14. The number of methoxy groups -OCH3 is 1. The number of pyridine rings is 1. The molecule has 27 heavy (non-hydrogen) atoms. The molecule has 5 heteroatoms. The molecule has 1 aliphatic rings. The third kappa shape index (κ3) is 2.59. The minimum Gasteiger partial charge on any atom is -0.495 e. The average Bonchev–Trinajstić information content (AvgIpc) is 3.34. The Balaban J connectivity index is 1.63. The van der Waals surface area contributed by atoms with Crippen LogP contribution in [0.1, 0.15) is 5.56 Å². The fraction of sp³-hybridized carbons (Fsp3) is 0.136. The number of nitrogen functional groups attached to an aromatic ring is 1. The summed E-state index contributed by atoms with van der Waals surface area (Å²) in [6.45, 7) is 1.01. The molecule has 134 valence electrons. The van der Waals surface area contributed by atoms with Gasteiger partial charge < -0.3 is 20.8 Å². The quantitative estimate of drug-likeness (QED) is 0.474. The number of nitrogens with zero attached hydrogens (tertiary/aromatic N) is 1. The van der Waals surface area contributed by atoms with E-state index in [0.717, 1.165) is 40.7 Å². The Hall–Kier alpha value is -3.47. The lowest BCUT2D eigenvalue weighted by molar-refractivity contribution is 0.417. The van der Waals surface area contributed by atoms with Crippen LogP contribution < -0.4 is 15.8 Å². The molecule has 0 fully saturated rings. The Kier molecular flexibility index (Phi) is 3.53. The van der Waals surface area contributed by atoms with Crippen LogP contribution in [0.3, 0.4) is 0 Å². The van der Waals surface area contributed by atoms with Gasteiger partial charge in [-0.2, -0.15) is 0 Å². The van der Waals surface area contributed by atoms with Crippen LogP contribution in [-0.4, -0.2) is 23.6 Å². The van der Waals surface area contributed by atoms with Crippen LogP contribution in [0, 0.1) is 0 Å². The second-order valence-corrected chi connectivity index (χ2v) is 6.83. The molecule has 2 aromatic carbocycles. The predicted octanol–water partition coefficient (Wildman–Crippen LogP) is 4.46. The molecule has 4 N–H and O–H groups in total. The van der Waals surface area contributed by atoms with Crippen LogP contribution in [0.4, 0.5) is 11.4 Å². The number of aromatic amines is 1. The van der Waals surface area contributed by atoms with Gasteiger partial charge in [0.15, 0.2) is 0 Å². The van der Waals surface area contributed by atoms with Gasteiger partial charge in [-0.1, -0.05) is 12.1 Å². The number of anilines is 2. The van der Waals surface area contributed by atoms with Crippen LogP contribution in [0.2, 0.25) is 0 Å². The zero-order chi connectivity index (χ0) is 18.4. The van der Waals surface area contributed by atoms with Crippen molar-refractivity contribution in [1.82, 2.24) is 9.97 Å². The van der Waals surface area contributed by atoms with Gasteiger partial charge in [0, 0.05) is 41.1 Å². The fourth-order valence-electron chi connectivity index (χ4n) is 3.76. The average molecular weight is 356 g/mol. The predicted molar refractivity (Wildman–Crippen MR) is 110 cm³/mol. The molecular weight excluding hydrogens is 336 g/mol. The van der Waals surface area contributed by atoms with Crippen LogP contribution in [-0.2, 0) is 6.42 Å². The van der Waals surface area contributed by atoms with Crippen LogP contribution in [0.5, 0.6) is 5.75 Å². The molecule has 1 aliphatic heterocycles. The van der Waals surface area contributed by atoms with Gasteiger partial charge >= 0.3 is 0 Å². The summed E-state index contributed by atoms with van der Waals surface area (Å²) in [7, 11) is 1.63. The number of nitrogens with two attached hydrogens (primary N) is 1. The summed E-state index contributed by atoms with van der Waals surface area (Å²) in [4.78, 5) is 7.91. The first-order chi connectivity index (χ1) is 13.2. The molecule has 0 bridgehead atoms. The van der Waals surface area contributed by atoms with Crippen molar-refractivity contribution in [3.05, 3.63) is 60.4 Å². The molecule has 0 radical (unpaired) electrons. The Labute approximate surface area is 157 Å². The van der Waals surface area contributed by atoms with Gasteiger partial charge in [-0.25, -0.2) is 4.98 Å². The van der Waals surface area contributed by atoms with Crippen molar-refractivity contribution in [2.24, 2.45) is 0 Å². The summed E-state index contributed by atoms with van der Waals surface area (Å²) in [5.41, 5.74) is 14.5. The summed E-state index contributed by atoms with van der Waals surface area (Å²) >= 11 is 0. The molecule has 4 aromatic rings. The van der Waals surface area contributed by atoms with Crippen LogP contribution in [0.15, 0.2) is 54.9 Å². The van der Waals surface area contributed by atoms with Crippen molar-refractivity contribution in [3.63, 3.8) is 0 Å². The van der Waals surface area contributed by atoms with Crippen molar-refractivity contribution in [2.75, 3.05) is 24.7 Å². The monoisotopic (exact) mass is 356 g/mol. The van der Waals surface area contributed by atoms with Crippen molar-refractivity contribution in [2.45, 2.75) is 6.42 Å². The van der Waals surface area contributed by atoms with Crippen molar-refractivity contribution >= 4 is 22.4 Å². The van der Waals surface area contributed by atoms with E-state index in [-0.39, 0.29) is 0 Å². The highest BCUT2D eigenvalue weighted by molar-refractivity contribution is 5.96. The van der Waals surface area contributed by atoms with E-state index in [0.29, 0.717) is 11.4 Å². The van der Waals surface area contributed by atoms with E-state index < -0.39 is 0 Å². The second kappa shape index (κ2) is 6.06. The molecule has 2 aromatic heterocycles. The summed E-state index contributed by atoms with van der Waals surface area (Å²) in [6, 6.07) is 14.6. The SMILES string of the molecule is COc1cc(-c2cnc3[nH]cc(-c4ccc5c(c4)CCN5)c3c2)ccc1N. The normalized spacial score (nSPS) is 12.8. The lowest BCUT2D eigenvalue weighted by Crippen LogP contribution is -1.92. The Morgan fingerprint density at radius 1 is 1.04 bits per heavy atom. The number of H-pyrrole nitrogens is 1. The number of aromatic nitrogens is 2. The lowest BCUT2D eigenvalue weighted by atomic mass is 10.00. The lowest BCUT2D eigenvalue weighted by Gasteiger charge is -2.08. The Morgan fingerprint density at radius 3 is 2.81 bits per heavy atom. The van der Waals surface area contributed by atoms with Crippen molar-refractivity contribution in [1.29, 1.82) is 0 Å². The molecule has 5 rings (SSSR count). The Bertz CT molecular complexity index is 1160. The minimum atomic E-state index is 0.629. The van der Waals surface area contributed by atoms with Crippen molar-refractivity contribution in [3.8, 4) is 28.0 Å². The van der Waals surface area contributed by atoms with Gasteiger partial charge in [0.1, 0.15) is 11.4 Å². The zero-order valence-electron chi connectivity index (χ0n) is 15.0. The number of rotatable bonds is 3. The summed E-state index contributed by atoms with van der Waals surface area (Å²) in [5, 5.41) is 4.52. The smallest absolute Gasteiger partial charge is 0.142 e. The number of hydrogen-bond acceptors (Lipinski definition) is 4. The van der Waals surface area contributed by atoms with Crippen LogP contribution >= 0.6 is 0 Å². The van der Waals surface area contributed by atoms with E-state index in [1.54, 1.807) is 7.11 Å². The molecule has 3 heterocycles. The van der Waals surface area contributed by atoms with E-state index in [2.05, 4.69) is 39.6 Å². The largest absolute Gasteiger partial charge is 0.495 e. The van der Waals surface area contributed by atoms with Crippen LogP contribution in [0.25, 0.3) is 33.3 Å². The minimum absolute atomic E-state index is 0.629. The standard InChI is InChI=1S/C22H20N4O/c1-27-21-10-13(2-4-19(21)23)16-9-17-18(12-26-22(17)25-11-16)14-3-5-20-15(8-14)6-7-24-20/h2-5,8-12,24H,6-7,23H2,1H3,(H,25,26). The molecule has 0 unspecified atom stereocenters. The second-order valence-electron chi connectivity index (χ2n) is 6.83. The topological polar surface area (TPSA) is 76.0 Å². The van der Waals surface area contributed by atoms with E-state index in [1.165, 1.54) is 16.8 Å². The van der Waals surface area contributed by atoms with E-state index in [1.807, 2.05) is 30.6 Å². The first kappa shape index (κ1) is 15.8. The van der Waals surface area contributed by atoms with Gasteiger partial charge in [0.05, 0.1) is 12.8 Å². The first-order valence-corrected chi connectivity index (χ1v) is 9.01. The molecule has 0 aliphatic carbocycles. The first-order valence-electron chi connectivity index (χ1n) is 9.01. The van der Waals surface area contributed by atoms with Gasteiger partial charge in [-0.15, -0.1) is 0 Å². The van der Waals surface area contributed by atoms with Gasteiger partial charge in [-0.05, 0) is 53.4 Å². The number of ether oxygens (including phenoxy) is 1. The maximum Gasteiger partial charge on any atom is 0.142 e. The zero-order valence-corrected chi connectivity index (χ0v) is 15.0. The molecule has 0 amide bonds. The summed E-state index contributed by atoms with van der Waals surface area (Å²) in [5.74, 6) is 0.674. The van der Waals surface area contributed by atoms with Gasteiger partial charge in [0.2, 0.25) is 0 Å². The maximum atomic E-state index is 5.95. The third-order valence-corrected chi connectivity index (χ3v) is 5.22. The number of nitrogens with one attached hydrogen (secondary N) is 2. The molecule has 0 atom stereocenters. The molecule has 0 saturated heterocycles. The van der Waals surface area contributed by atoms with Crippen molar-refractivity contribution < 1.29 is 4.74 Å². The van der Waals surface area contributed by atoms with E-state index in [9.17, 15) is 0 Å². The highest BCUT2D eigenvalue weighted by Crippen LogP contribution is 2.35. The molecule has 5 nitrogen and oxygen atoms in total. The molecular formula is C22H20N4O. The fourth-order valence-corrected chi connectivity index (χ4v) is 3.76. The number of fused-ring (bicyclic) bond motifs is 2. The van der Waals surface area contributed by atoms with Gasteiger partial charge in [0.25, 0.3) is 0 Å².